The summed E-state index contributed by atoms with van der Waals surface area (Å²) < 4.78 is 21.4. The first-order valence-corrected chi connectivity index (χ1v) is 11.9. The molecule has 0 fully saturated rings. The number of para-hydroxylation sites is 3. The van der Waals surface area contributed by atoms with Gasteiger partial charge in [0, 0.05) is 25.1 Å². The first kappa shape index (κ1) is 24.2. The molecular formula is C29H30FN3O2. The normalized spacial score (nSPS) is 10.9. The molecule has 0 unspecified atom stereocenters. The number of hydrogen-bond donors (Lipinski definition) is 1. The molecule has 0 saturated heterocycles. The van der Waals surface area contributed by atoms with Gasteiger partial charge in [-0.05, 0) is 67.3 Å². The van der Waals surface area contributed by atoms with Crippen molar-refractivity contribution >= 4 is 16.9 Å². The standard InChI is InChI=1S/C29H30FN3O2/c1-2-9-22-10-3-6-13-27(22)35-21-8-20-33-26-12-5-4-11-25(26)32-28(33)14-7-19-31-29(34)23-15-17-24(30)18-16-23/h2-6,10-13,15-18H,1,7-9,14,19-21H2,(H,31,34). The smallest absolute Gasteiger partial charge is 0.251 e. The van der Waals surface area contributed by atoms with Crippen molar-refractivity contribution in [2.75, 3.05) is 13.2 Å². The zero-order chi connectivity index (χ0) is 24.5. The van der Waals surface area contributed by atoms with Crippen molar-refractivity contribution in [3.63, 3.8) is 0 Å². The van der Waals surface area contributed by atoms with E-state index in [-0.39, 0.29) is 11.7 Å². The third kappa shape index (κ3) is 6.35. The molecule has 180 valence electrons. The van der Waals surface area contributed by atoms with E-state index in [1.807, 2.05) is 42.5 Å². The van der Waals surface area contributed by atoms with Crippen LogP contribution in [0.25, 0.3) is 11.0 Å². The molecule has 35 heavy (non-hydrogen) atoms. The van der Waals surface area contributed by atoms with Crippen molar-refractivity contribution in [1.82, 2.24) is 14.9 Å². The summed E-state index contributed by atoms with van der Waals surface area (Å²) >= 11 is 0. The Balaban J connectivity index is 1.33. The lowest BCUT2D eigenvalue weighted by Gasteiger charge is -2.12. The maximum absolute atomic E-state index is 13.1. The fraction of sp³-hybridized carbons (Fsp3) is 0.241. The van der Waals surface area contributed by atoms with E-state index >= 15 is 0 Å². The van der Waals surface area contributed by atoms with Gasteiger partial charge in [0.1, 0.15) is 17.4 Å². The Morgan fingerprint density at radius 2 is 1.80 bits per heavy atom. The van der Waals surface area contributed by atoms with E-state index in [1.54, 1.807) is 0 Å². The second kappa shape index (κ2) is 12.0. The third-order valence-electron chi connectivity index (χ3n) is 5.82. The summed E-state index contributed by atoms with van der Waals surface area (Å²) in [4.78, 5) is 17.1. The minimum atomic E-state index is -0.355. The number of benzene rings is 3. The summed E-state index contributed by atoms with van der Waals surface area (Å²) in [5.74, 6) is 1.34. The minimum absolute atomic E-state index is 0.201. The molecule has 0 bridgehead atoms. The summed E-state index contributed by atoms with van der Waals surface area (Å²) in [7, 11) is 0. The molecule has 1 amide bonds. The average molecular weight is 472 g/mol. The molecule has 4 aromatic rings. The monoisotopic (exact) mass is 471 g/mol. The van der Waals surface area contributed by atoms with Gasteiger partial charge in [-0.3, -0.25) is 4.79 Å². The lowest BCUT2D eigenvalue weighted by molar-refractivity contribution is 0.0953. The fourth-order valence-corrected chi connectivity index (χ4v) is 4.09. The highest BCUT2D eigenvalue weighted by Crippen LogP contribution is 2.20. The first-order chi connectivity index (χ1) is 17.2. The van der Waals surface area contributed by atoms with E-state index in [1.165, 1.54) is 24.3 Å². The Morgan fingerprint density at radius 3 is 2.63 bits per heavy atom. The van der Waals surface area contributed by atoms with E-state index < -0.39 is 0 Å². The van der Waals surface area contributed by atoms with Crippen LogP contribution in [0.3, 0.4) is 0 Å². The van der Waals surface area contributed by atoms with Crippen LogP contribution in [0.4, 0.5) is 4.39 Å². The van der Waals surface area contributed by atoms with Gasteiger partial charge in [-0.15, -0.1) is 6.58 Å². The predicted molar refractivity (Wildman–Crippen MR) is 137 cm³/mol. The Kier molecular flexibility index (Phi) is 8.28. The molecule has 4 rings (SSSR count). The van der Waals surface area contributed by atoms with Crippen molar-refractivity contribution in [2.24, 2.45) is 0 Å². The van der Waals surface area contributed by atoms with Gasteiger partial charge in [-0.2, -0.15) is 0 Å². The number of ether oxygens (including phenoxy) is 1. The molecule has 0 aliphatic carbocycles. The number of aromatic nitrogens is 2. The zero-order valence-electron chi connectivity index (χ0n) is 19.8. The maximum atomic E-state index is 13.1. The van der Waals surface area contributed by atoms with Crippen LogP contribution >= 0.6 is 0 Å². The Labute approximate surface area is 205 Å². The van der Waals surface area contributed by atoms with Crippen LogP contribution in [0.1, 0.15) is 34.6 Å². The Bertz CT molecular complexity index is 1280. The van der Waals surface area contributed by atoms with Crippen LogP contribution < -0.4 is 10.1 Å². The van der Waals surface area contributed by atoms with E-state index in [2.05, 4.69) is 28.6 Å². The van der Waals surface area contributed by atoms with Crippen LogP contribution in [-0.4, -0.2) is 28.6 Å². The van der Waals surface area contributed by atoms with Crippen LogP contribution in [0, 0.1) is 5.82 Å². The minimum Gasteiger partial charge on any atom is -0.493 e. The van der Waals surface area contributed by atoms with Gasteiger partial charge < -0.3 is 14.6 Å². The first-order valence-electron chi connectivity index (χ1n) is 11.9. The Hall–Kier alpha value is -3.93. The van der Waals surface area contributed by atoms with Crippen molar-refractivity contribution in [1.29, 1.82) is 0 Å². The van der Waals surface area contributed by atoms with Gasteiger partial charge in [-0.25, -0.2) is 9.37 Å². The SMILES string of the molecule is C=CCc1ccccc1OCCCn1c(CCCNC(=O)c2ccc(F)cc2)nc2ccccc21. The lowest BCUT2D eigenvalue weighted by Crippen LogP contribution is -2.25. The number of nitrogens with zero attached hydrogens (tertiary/aromatic N) is 2. The molecule has 0 radical (unpaired) electrons. The van der Waals surface area contributed by atoms with E-state index in [4.69, 9.17) is 9.72 Å². The number of nitrogens with one attached hydrogen (secondary N) is 1. The largest absolute Gasteiger partial charge is 0.493 e. The molecule has 5 nitrogen and oxygen atoms in total. The van der Waals surface area contributed by atoms with Crippen LogP contribution in [0.2, 0.25) is 0 Å². The van der Waals surface area contributed by atoms with Crippen LogP contribution in [0.15, 0.2) is 85.5 Å². The highest BCUT2D eigenvalue weighted by molar-refractivity contribution is 5.94. The predicted octanol–water partition coefficient (Wildman–Crippen LogP) is 5.74. The number of rotatable bonds is 12. The number of allylic oxidation sites excluding steroid dienone is 1. The molecule has 0 spiro atoms. The summed E-state index contributed by atoms with van der Waals surface area (Å²) in [6.45, 7) is 5.74. The number of amides is 1. The average Bonchev–Trinajstić information content (AvgIpc) is 3.23. The summed E-state index contributed by atoms with van der Waals surface area (Å²) in [5, 5.41) is 2.90. The van der Waals surface area contributed by atoms with Gasteiger partial charge in [0.15, 0.2) is 0 Å². The number of fused-ring (bicyclic) bond motifs is 1. The van der Waals surface area contributed by atoms with E-state index in [0.29, 0.717) is 18.7 Å². The van der Waals surface area contributed by atoms with Crippen molar-refractivity contribution in [2.45, 2.75) is 32.2 Å². The molecule has 3 aromatic carbocycles. The van der Waals surface area contributed by atoms with Crippen molar-refractivity contribution in [3.05, 3.63) is 108 Å². The lowest BCUT2D eigenvalue weighted by atomic mass is 10.1. The highest BCUT2D eigenvalue weighted by atomic mass is 19.1. The van der Waals surface area contributed by atoms with Gasteiger partial charge in [0.05, 0.1) is 17.6 Å². The second-order valence-corrected chi connectivity index (χ2v) is 8.34. The quantitative estimate of drug-likeness (QED) is 0.212. The third-order valence-corrected chi connectivity index (χ3v) is 5.82. The number of hydrogen-bond acceptors (Lipinski definition) is 3. The topological polar surface area (TPSA) is 56.1 Å². The van der Waals surface area contributed by atoms with E-state index in [9.17, 15) is 9.18 Å². The van der Waals surface area contributed by atoms with Gasteiger partial charge in [-0.1, -0.05) is 36.4 Å². The Morgan fingerprint density at radius 1 is 1.03 bits per heavy atom. The van der Waals surface area contributed by atoms with Gasteiger partial charge in [0.25, 0.3) is 5.91 Å². The number of halogens is 1. The number of imidazole rings is 1. The number of aryl methyl sites for hydroxylation is 2. The second-order valence-electron chi connectivity index (χ2n) is 8.34. The van der Waals surface area contributed by atoms with Gasteiger partial charge in [0.2, 0.25) is 0 Å². The maximum Gasteiger partial charge on any atom is 0.251 e. The van der Waals surface area contributed by atoms with Crippen LogP contribution in [-0.2, 0) is 19.4 Å². The molecule has 6 heteroatoms. The fourth-order valence-electron chi connectivity index (χ4n) is 4.09. The molecule has 0 atom stereocenters. The highest BCUT2D eigenvalue weighted by Gasteiger charge is 2.11. The molecule has 0 aliphatic heterocycles. The van der Waals surface area contributed by atoms with Crippen molar-refractivity contribution < 1.29 is 13.9 Å². The number of carbonyl (C=O) groups excluding carboxylic acids is 1. The zero-order valence-corrected chi connectivity index (χ0v) is 19.8. The van der Waals surface area contributed by atoms with Crippen LogP contribution in [0.5, 0.6) is 5.75 Å². The molecular weight excluding hydrogens is 441 g/mol. The van der Waals surface area contributed by atoms with Gasteiger partial charge >= 0.3 is 0 Å². The van der Waals surface area contributed by atoms with Crippen molar-refractivity contribution in [3.8, 4) is 5.75 Å². The summed E-state index contributed by atoms with van der Waals surface area (Å²) in [6.07, 6.45) is 5.00. The van der Waals surface area contributed by atoms with E-state index in [0.717, 1.165) is 60.4 Å². The molecule has 0 saturated carbocycles. The summed E-state index contributed by atoms with van der Waals surface area (Å²) in [6, 6.07) is 21.7. The molecule has 1 aromatic heterocycles. The molecule has 1 heterocycles. The summed E-state index contributed by atoms with van der Waals surface area (Å²) in [5.41, 5.74) is 3.66. The molecule has 1 N–H and O–H groups in total. The number of carbonyl (C=O) groups is 1. The molecule has 0 aliphatic rings.